The van der Waals surface area contributed by atoms with Gasteiger partial charge in [-0.1, -0.05) is 17.7 Å². The molecular formula is C19H24N2O4. The molecule has 25 heavy (non-hydrogen) atoms. The van der Waals surface area contributed by atoms with Gasteiger partial charge in [0.2, 0.25) is 5.91 Å². The second-order valence-corrected chi connectivity index (χ2v) is 7.06. The van der Waals surface area contributed by atoms with Gasteiger partial charge in [-0.2, -0.15) is 0 Å². The van der Waals surface area contributed by atoms with E-state index >= 15 is 0 Å². The molecule has 2 heterocycles. The van der Waals surface area contributed by atoms with Crippen molar-refractivity contribution >= 4 is 17.8 Å². The summed E-state index contributed by atoms with van der Waals surface area (Å²) in [7, 11) is 0. The summed E-state index contributed by atoms with van der Waals surface area (Å²) in [5, 5.41) is 9.09. The molecule has 2 aliphatic rings. The number of carboxylic acid groups (broad SMARTS) is 1. The number of hydrogen-bond acceptors (Lipinski definition) is 3. The molecule has 2 unspecified atom stereocenters. The number of aliphatic carboxylic acids is 1. The summed E-state index contributed by atoms with van der Waals surface area (Å²) < 4.78 is 0. The quantitative estimate of drug-likeness (QED) is 0.907. The predicted octanol–water partition coefficient (Wildman–Crippen LogP) is 1.78. The van der Waals surface area contributed by atoms with Crippen LogP contribution in [0.15, 0.2) is 24.3 Å². The van der Waals surface area contributed by atoms with Crippen LogP contribution in [0.3, 0.4) is 0 Å². The summed E-state index contributed by atoms with van der Waals surface area (Å²) >= 11 is 0. The van der Waals surface area contributed by atoms with E-state index in [1.165, 1.54) is 0 Å². The molecule has 0 aliphatic carbocycles. The Balaban J connectivity index is 1.63. The van der Waals surface area contributed by atoms with Crippen molar-refractivity contribution in [3.8, 4) is 0 Å². The minimum atomic E-state index is -0.838. The molecule has 0 aromatic heterocycles. The third-order valence-electron chi connectivity index (χ3n) is 5.21. The predicted molar refractivity (Wildman–Crippen MR) is 92.1 cm³/mol. The van der Waals surface area contributed by atoms with Gasteiger partial charge in [-0.25, -0.2) is 0 Å². The maximum absolute atomic E-state index is 12.7. The Morgan fingerprint density at radius 2 is 1.64 bits per heavy atom. The molecule has 0 spiro atoms. The van der Waals surface area contributed by atoms with Gasteiger partial charge in [0.1, 0.15) is 0 Å². The minimum absolute atomic E-state index is 0.00911. The van der Waals surface area contributed by atoms with Gasteiger partial charge >= 0.3 is 5.97 Å². The van der Waals surface area contributed by atoms with Crippen molar-refractivity contribution < 1.29 is 19.5 Å². The van der Waals surface area contributed by atoms with Crippen molar-refractivity contribution in [1.29, 1.82) is 0 Å². The molecule has 2 fully saturated rings. The molecule has 2 saturated heterocycles. The van der Waals surface area contributed by atoms with Gasteiger partial charge in [0, 0.05) is 31.7 Å². The van der Waals surface area contributed by atoms with Gasteiger partial charge in [0.05, 0.1) is 11.8 Å². The lowest BCUT2D eigenvalue weighted by atomic mass is 9.96. The SMILES string of the molecule is Cc1ccc(C(=O)N2CCCC(C(=O)N3CCC(C(=O)O)C3)C2)cc1. The first-order valence-corrected chi connectivity index (χ1v) is 8.83. The Morgan fingerprint density at radius 1 is 0.960 bits per heavy atom. The van der Waals surface area contributed by atoms with Crippen molar-refractivity contribution in [3.63, 3.8) is 0 Å². The lowest BCUT2D eigenvalue weighted by Crippen LogP contribution is -2.46. The van der Waals surface area contributed by atoms with E-state index in [9.17, 15) is 14.4 Å². The number of carbonyl (C=O) groups excluding carboxylic acids is 2. The third-order valence-corrected chi connectivity index (χ3v) is 5.21. The fourth-order valence-corrected chi connectivity index (χ4v) is 3.66. The van der Waals surface area contributed by atoms with Crippen molar-refractivity contribution in [2.24, 2.45) is 11.8 Å². The van der Waals surface area contributed by atoms with Crippen LogP contribution in [-0.2, 0) is 9.59 Å². The number of piperidine rings is 1. The molecule has 134 valence electrons. The Bertz CT molecular complexity index is 671. The molecule has 2 amide bonds. The Hall–Kier alpha value is -2.37. The first kappa shape index (κ1) is 17.5. The van der Waals surface area contributed by atoms with Gasteiger partial charge in [-0.3, -0.25) is 14.4 Å². The molecule has 0 radical (unpaired) electrons. The fourth-order valence-electron chi connectivity index (χ4n) is 3.66. The summed E-state index contributed by atoms with van der Waals surface area (Å²) in [4.78, 5) is 39.9. The zero-order valence-corrected chi connectivity index (χ0v) is 14.5. The number of hydrogen-bond donors (Lipinski definition) is 1. The second-order valence-electron chi connectivity index (χ2n) is 7.06. The van der Waals surface area contributed by atoms with E-state index in [0.29, 0.717) is 31.6 Å². The van der Waals surface area contributed by atoms with E-state index in [1.54, 1.807) is 9.80 Å². The number of aryl methyl sites for hydroxylation is 1. The lowest BCUT2D eigenvalue weighted by Gasteiger charge is -2.34. The largest absolute Gasteiger partial charge is 0.481 e. The van der Waals surface area contributed by atoms with Gasteiger partial charge in [0.15, 0.2) is 0 Å². The first-order chi connectivity index (χ1) is 12.0. The average molecular weight is 344 g/mol. The van der Waals surface area contributed by atoms with Crippen LogP contribution >= 0.6 is 0 Å². The second kappa shape index (κ2) is 7.25. The van der Waals surface area contributed by atoms with E-state index in [1.807, 2.05) is 31.2 Å². The summed E-state index contributed by atoms with van der Waals surface area (Å²) in [5.41, 5.74) is 1.75. The van der Waals surface area contributed by atoms with Crippen molar-refractivity contribution in [3.05, 3.63) is 35.4 Å². The van der Waals surface area contributed by atoms with E-state index in [-0.39, 0.29) is 24.3 Å². The maximum atomic E-state index is 12.7. The highest BCUT2D eigenvalue weighted by Gasteiger charge is 2.36. The highest BCUT2D eigenvalue weighted by atomic mass is 16.4. The molecule has 1 aromatic rings. The third kappa shape index (κ3) is 3.83. The van der Waals surface area contributed by atoms with Crippen LogP contribution in [0.25, 0.3) is 0 Å². The molecule has 2 atom stereocenters. The Morgan fingerprint density at radius 3 is 2.28 bits per heavy atom. The summed E-state index contributed by atoms with van der Waals surface area (Å²) in [6.45, 7) is 3.84. The van der Waals surface area contributed by atoms with Crippen molar-refractivity contribution in [2.45, 2.75) is 26.2 Å². The van der Waals surface area contributed by atoms with Crippen LogP contribution in [0.4, 0.5) is 0 Å². The Kier molecular flexibility index (Phi) is 5.06. The van der Waals surface area contributed by atoms with Crippen molar-refractivity contribution in [1.82, 2.24) is 9.80 Å². The van der Waals surface area contributed by atoms with E-state index in [4.69, 9.17) is 5.11 Å². The molecule has 1 aromatic carbocycles. The van der Waals surface area contributed by atoms with E-state index < -0.39 is 11.9 Å². The minimum Gasteiger partial charge on any atom is -0.481 e. The Labute approximate surface area is 147 Å². The van der Waals surface area contributed by atoms with Crippen LogP contribution in [0.2, 0.25) is 0 Å². The maximum Gasteiger partial charge on any atom is 0.308 e. The van der Waals surface area contributed by atoms with E-state index in [0.717, 1.165) is 18.4 Å². The van der Waals surface area contributed by atoms with Gasteiger partial charge in [0.25, 0.3) is 5.91 Å². The number of rotatable bonds is 3. The summed E-state index contributed by atoms with van der Waals surface area (Å²) in [6, 6.07) is 7.47. The number of likely N-dealkylation sites (tertiary alicyclic amines) is 2. The van der Waals surface area contributed by atoms with Gasteiger partial charge < -0.3 is 14.9 Å². The monoisotopic (exact) mass is 344 g/mol. The smallest absolute Gasteiger partial charge is 0.308 e. The highest BCUT2D eigenvalue weighted by Crippen LogP contribution is 2.24. The van der Waals surface area contributed by atoms with Crippen LogP contribution in [0.1, 0.15) is 35.2 Å². The fraction of sp³-hybridized carbons (Fsp3) is 0.526. The van der Waals surface area contributed by atoms with Crippen LogP contribution in [-0.4, -0.2) is 58.9 Å². The number of nitrogens with zero attached hydrogens (tertiary/aromatic N) is 2. The average Bonchev–Trinajstić information content (AvgIpc) is 3.12. The van der Waals surface area contributed by atoms with E-state index in [2.05, 4.69) is 0 Å². The highest BCUT2D eigenvalue weighted by molar-refractivity contribution is 5.94. The van der Waals surface area contributed by atoms with Crippen LogP contribution in [0, 0.1) is 18.8 Å². The zero-order valence-electron chi connectivity index (χ0n) is 14.5. The first-order valence-electron chi connectivity index (χ1n) is 8.83. The normalized spacial score (nSPS) is 23.6. The van der Waals surface area contributed by atoms with Crippen molar-refractivity contribution in [2.75, 3.05) is 26.2 Å². The molecule has 1 N–H and O–H groups in total. The topological polar surface area (TPSA) is 77.9 Å². The number of carboxylic acids is 1. The summed E-state index contributed by atoms with van der Waals surface area (Å²) in [5.74, 6) is -1.57. The summed E-state index contributed by atoms with van der Waals surface area (Å²) in [6.07, 6.45) is 2.06. The zero-order chi connectivity index (χ0) is 18.0. The molecule has 6 heteroatoms. The molecule has 0 saturated carbocycles. The number of amides is 2. The molecule has 0 bridgehead atoms. The van der Waals surface area contributed by atoms with Gasteiger partial charge in [-0.15, -0.1) is 0 Å². The lowest BCUT2D eigenvalue weighted by molar-refractivity contribution is -0.141. The van der Waals surface area contributed by atoms with Crippen LogP contribution in [0.5, 0.6) is 0 Å². The molecule has 3 rings (SSSR count). The molecule has 6 nitrogen and oxygen atoms in total. The van der Waals surface area contributed by atoms with Crippen LogP contribution < -0.4 is 0 Å². The standard InChI is InChI=1S/C19H24N2O4/c1-13-4-6-14(7-5-13)17(22)20-9-2-3-15(11-20)18(23)21-10-8-16(12-21)19(24)25/h4-7,15-16H,2-3,8-12H2,1H3,(H,24,25). The number of carbonyl (C=O) groups is 3. The molecule has 2 aliphatic heterocycles. The molecular weight excluding hydrogens is 320 g/mol. The van der Waals surface area contributed by atoms with Gasteiger partial charge in [-0.05, 0) is 38.3 Å². The number of benzene rings is 1.